The Balaban J connectivity index is 2.34. The highest BCUT2D eigenvalue weighted by molar-refractivity contribution is 7.91. The van der Waals surface area contributed by atoms with Gasteiger partial charge in [-0.25, -0.2) is 8.42 Å². The van der Waals surface area contributed by atoms with Crippen molar-refractivity contribution < 1.29 is 18.0 Å². The van der Waals surface area contributed by atoms with Gasteiger partial charge in [-0.05, 0) is 26.2 Å². The monoisotopic (exact) mass is 302 g/mol. The van der Waals surface area contributed by atoms with Crippen LogP contribution < -0.4 is 5.32 Å². The Hall–Kier alpha value is -1.11. The smallest absolute Gasteiger partial charge is 0.249 e. The van der Waals surface area contributed by atoms with Crippen LogP contribution in [0.1, 0.15) is 40.0 Å². The zero-order valence-corrected chi connectivity index (χ0v) is 13.0. The molecule has 2 aliphatic rings. The van der Waals surface area contributed by atoms with Gasteiger partial charge >= 0.3 is 0 Å². The Bertz CT molecular complexity index is 524. The van der Waals surface area contributed by atoms with Gasteiger partial charge in [0.15, 0.2) is 9.84 Å². The highest BCUT2D eigenvalue weighted by atomic mass is 32.2. The quantitative estimate of drug-likeness (QED) is 0.800. The number of rotatable bonds is 3. The first-order valence-electron chi connectivity index (χ1n) is 7.11. The standard InChI is InChI=1S/C13H22N2O4S/c1-4-13(5-2)12(17)15(9(3)11(16)14-13)10-6-7-20(18,19)8-10/h9-10H,4-8H2,1-3H3,(H,14,16). The first-order valence-corrected chi connectivity index (χ1v) is 8.93. The molecule has 2 heterocycles. The number of carbonyl (C=O) groups excluding carboxylic acids is 2. The van der Waals surface area contributed by atoms with Crippen LogP contribution in [0.3, 0.4) is 0 Å². The van der Waals surface area contributed by atoms with Crippen LogP contribution in [0, 0.1) is 0 Å². The zero-order valence-electron chi connectivity index (χ0n) is 12.2. The van der Waals surface area contributed by atoms with E-state index in [0.29, 0.717) is 19.3 Å². The van der Waals surface area contributed by atoms with Gasteiger partial charge in [-0.15, -0.1) is 0 Å². The highest BCUT2D eigenvalue weighted by Crippen LogP contribution is 2.30. The SMILES string of the molecule is CCC1(CC)NC(=O)C(C)N(C2CCS(=O)(=O)C2)C1=O. The van der Waals surface area contributed by atoms with Crippen molar-refractivity contribution in [3.63, 3.8) is 0 Å². The minimum atomic E-state index is -3.09. The first kappa shape index (κ1) is 15.3. The lowest BCUT2D eigenvalue weighted by Crippen LogP contribution is -2.71. The summed E-state index contributed by atoms with van der Waals surface area (Å²) in [6, 6.07) is -0.974. The predicted octanol–water partition coefficient (Wildman–Crippen LogP) is 0.0792. The third-order valence-electron chi connectivity index (χ3n) is 4.61. The molecular formula is C13H22N2O4S. The molecule has 0 radical (unpaired) electrons. The first-order chi connectivity index (χ1) is 9.26. The van der Waals surface area contributed by atoms with E-state index in [1.807, 2.05) is 13.8 Å². The van der Waals surface area contributed by atoms with Crippen molar-refractivity contribution in [3.8, 4) is 0 Å². The Labute approximate surface area is 119 Å². The lowest BCUT2D eigenvalue weighted by Gasteiger charge is -2.46. The van der Waals surface area contributed by atoms with Crippen molar-refractivity contribution in [3.05, 3.63) is 0 Å². The number of sulfone groups is 1. The second-order valence-corrected chi connectivity index (χ2v) is 7.95. The van der Waals surface area contributed by atoms with E-state index in [1.165, 1.54) is 4.90 Å². The number of piperazine rings is 1. The lowest BCUT2D eigenvalue weighted by molar-refractivity contribution is -0.157. The van der Waals surface area contributed by atoms with Gasteiger partial charge < -0.3 is 10.2 Å². The predicted molar refractivity (Wildman–Crippen MR) is 74.8 cm³/mol. The van der Waals surface area contributed by atoms with Gasteiger partial charge in [0.05, 0.1) is 11.5 Å². The van der Waals surface area contributed by atoms with Crippen molar-refractivity contribution >= 4 is 21.7 Å². The molecule has 0 aromatic rings. The van der Waals surface area contributed by atoms with E-state index in [1.54, 1.807) is 6.92 Å². The zero-order chi connectivity index (χ0) is 15.1. The number of nitrogens with zero attached hydrogens (tertiary/aromatic N) is 1. The average Bonchev–Trinajstić information content (AvgIpc) is 2.74. The van der Waals surface area contributed by atoms with Crippen LogP contribution in [0.5, 0.6) is 0 Å². The molecule has 0 aromatic carbocycles. The van der Waals surface area contributed by atoms with Crippen molar-refractivity contribution in [2.45, 2.75) is 57.7 Å². The van der Waals surface area contributed by atoms with Gasteiger partial charge in [0, 0.05) is 6.04 Å². The number of hydrogen-bond acceptors (Lipinski definition) is 4. The molecule has 2 saturated heterocycles. The molecule has 0 saturated carbocycles. The Morgan fingerprint density at radius 1 is 1.30 bits per heavy atom. The number of carbonyl (C=O) groups is 2. The maximum Gasteiger partial charge on any atom is 0.249 e. The van der Waals surface area contributed by atoms with Crippen LogP contribution in [-0.4, -0.2) is 54.3 Å². The fourth-order valence-corrected chi connectivity index (χ4v) is 4.86. The average molecular weight is 302 g/mol. The van der Waals surface area contributed by atoms with Crippen LogP contribution in [0.4, 0.5) is 0 Å². The van der Waals surface area contributed by atoms with Crippen molar-refractivity contribution in [1.29, 1.82) is 0 Å². The largest absolute Gasteiger partial charge is 0.340 e. The van der Waals surface area contributed by atoms with Crippen LogP contribution in [0.15, 0.2) is 0 Å². The van der Waals surface area contributed by atoms with E-state index in [0.717, 1.165) is 0 Å². The summed E-state index contributed by atoms with van der Waals surface area (Å²) in [6.07, 6.45) is 1.45. The molecule has 6 nitrogen and oxygen atoms in total. The summed E-state index contributed by atoms with van der Waals surface area (Å²) >= 11 is 0. The molecule has 2 unspecified atom stereocenters. The molecule has 0 spiro atoms. The van der Waals surface area contributed by atoms with Gasteiger partial charge in [-0.3, -0.25) is 9.59 Å². The minimum absolute atomic E-state index is 0.0279. The molecule has 114 valence electrons. The van der Waals surface area contributed by atoms with Gasteiger partial charge in [-0.1, -0.05) is 13.8 Å². The van der Waals surface area contributed by atoms with Gasteiger partial charge in [0.1, 0.15) is 11.6 Å². The van der Waals surface area contributed by atoms with Crippen LogP contribution in [0.2, 0.25) is 0 Å². The summed E-state index contributed by atoms with van der Waals surface area (Å²) in [6.45, 7) is 5.38. The van der Waals surface area contributed by atoms with E-state index >= 15 is 0 Å². The Morgan fingerprint density at radius 2 is 1.90 bits per heavy atom. The molecule has 0 aromatic heterocycles. The van der Waals surface area contributed by atoms with Gasteiger partial charge in [0.25, 0.3) is 0 Å². The summed E-state index contributed by atoms with van der Waals surface area (Å²) in [4.78, 5) is 26.4. The fraction of sp³-hybridized carbons (Fsp3) is 0.846. The maximum absolute atomic E-state index is 12.8. The molecular weight excluding hydrogens is 280 g/mol. The number of hydrogen-bond donors (Lipinski definition) is 1. The summed E-state index contributed by atoms with van der Waals surface area (Å²) in [7, 11) is -3.09. The molecule has 0 aliphatic carbocycles. The summed E-state index contributed by atoms with van der Waals surface area (Å²) in [5.41, 5.74) is -0.879. The molecule has 2 amide bonds. The lowest BCUT2D eigenvalue weighted by atomic mass is 9.86. The van der Waals surface area contributed by atoms with E-state index < -0.39 is 21.4 Å². The molecule has 1 N–H and O–H groups in total. The van der Waals surface area contributed by atoms with Crippen molar-refractivity contribution in [1.82, 2.24) is 10.2 Å². The molecule has 2 rings (SSSR count). The summed E-state index contributed by atoms with van der Waals surface area (Å²) in [5, 5.41) is 2.82. The minimum Gasteiger partial charge on any atom is -0.340 e. The Morgan fingerprint density at radius 3 is 2.35 bits per heavy atom. The molecule has 2 atom stereocenters. The van der Waals surface area contributed by atoms with Crippen molar-refractivity contribution in [2.24, 2.45) is 0 Å². The van der Waals surface area contributed by atoms with E-state index in [4.69, 9.17) is 0 Å². The van der Waals surface area contributed by atoms with E-state index in [2.05, 4.69) is 5.32 Å². The third kappa shape index (κ3) is 2.32. The topological polar surface area (TPSA) is 83.6 Å². The molecule has 0 bridgehead atoms. The third-order valence-corrected chi connectivity index (χ3v) is 6.36. The van der Waals surface area contributed by atoms with Crippen LogP contribution >= 0.6 is 0 Å². The number of amides is 2. The second-order valence-electron chi connectivity index (χ2n) is 5.72. The second kappa shape index (κ2) is 5.02. The molecule has 2 fully saturated rings. The van der Waals surface area contributed by atoms with E-state index in [9.17, 15) is 18.0 Å². The fourth-order valence-electron chi connectivity index (χ4n) is 3.15. The summed E-state index contributed by atoms with van der Waals surface area (Å²) in [5.74, 6) is -0.268. The van der Waals surface area contributed by atoms with Crippen LogP contribution in [0.25, 0.3) is 0 Å². The maximum atomic E-state index is 12.8. The summed E-state index contributed by atoms with van der Waals surface area (Å²) < 4.78 is 23.3. The number of nitrogens with one attached hydrogen (secondary N) is 1. The van der Waals surface area contributed by atoms with Crippen LogP contribution in [-0.2, 0) is 19.4 Å². The van der Waals surface area contributed by atoms with Gasteiger partial charge in [0.2, 0.25) is 11.8 Å². The van der Waals surface area contributed by atoms with Crippen molar-refractivity contribution in [2.75, 3.05) is 11.5 Å². The normalized spacial score (nSPS) is 32.2. The highest BCUT2D eigenvalue weighted by Gasteiger charge is 2.51. The molecule has 2 aliphatic heterocycles. The van der Waals surface area contributed by atoms with E-state index in [-0.39, 0.29) is 29.4 Å². The molecule has 20 heavy (non-hydrogen) atoms. The molecule has 7 heteroatoms. The Kier molecular flexibility index (Phi) is 3.83. The van der Waals surface area contributed by atoms with Gasteiger partial charge in [-0.2, -0.15) is 0 Å².